The molecule has 0 radical (unpaired) electrons. The molecular weight excluding hydrogens is 336 g/mol. The molecule has 2 spiro atoms. The highest BCUT2D eigenvalue weighted by Crippen LogP contribution is 2.52. The topological polar surface area (TPSA) is 24.9 Å². The molecule has 27 heavy (non-hydrogen) atoms. The number of nitrogens with zero attached hydrogens (tertiary/aromatic N) is 2. The lowest BCUT2D eigenvalue weighted by Gasteiger charge is -2.45. The molecule has 8 rings (SSSR count). The third kappa shape index (κ3) is 4.10. The second kappa shape index (κ2) is 8.69. The molecule has 4 bridgehead atoms. The van der Waals surface area contributed by atoms with Gasteiger partial charge in [0.05, 0.1) is 19.8 Å². The Hall–Kier alpha value is -0.160. The molecule has 2 saturated carbocycles. The van der Waals surface area contributed by atoms with E-state index >= 15 is 0 Å². The van der Waals surface area contributed by atoms with Crippen molar-refractivity contribution in [2.45, 2.75) is 82.7 Å². The minimum atomic E-state index is 0.529. The number of rotatable bonds is 3. The van der Waals surface area contributed by atoms with E-state index < -0.39 is 0 Å². The van der Waals surface area contributed by atoms with Crippen molar-refractivity contribution >= 4 is 0 Å². The highest BCUT2D eigenvalue weighted by Gasteiger charge is 2.57. The Kier molecular flexibility index (Phi) is 6.48. The van der Waals surface area contributed by atoms with E-state index in [2.05, 4.69) is 23.6 Å². The van der Waals surface area contributed by atoms with Gasteiger partial charge in [0.15, 0.2) is 0 Å². The predicted octanol–water partition coefficient (Wildman–Crippen LogP) is 3.94. The molecule has 0 aromatic carbocycles. The van der Waals surface area contributed by atoms with E-state index in [0.717, 1.165) is 38.3 Å². The highest BCUT2D eigenvalue weighted by atomic mass is 16.5. The maximum atomic E-state index is 5.61. The van der Waals surface area contributed by atoms with Crippen molar-refractivity contribution in [3.05, 3.63) is 0 Å². The zero-order valence-corrected chi connectivity index (χ0v) is 17.9. The Morgan fingerprint density at radius 1 is 0.741 bits per heavy atom. The maximum Gasteiger partial charge on any atom is 0.0651 e. The molecule has 0 amide bonds. The summed E-state index contributed by atoms with van der Waals surface area (Å²) in [5.41, 5.74) is 1.07. The van der Waals surface area contributed by atoms with Gasteiger partial charge in [-0.2, -0.15) is 0 Å². The van der Waals surface area contributed by atoms with Crippen LogP contribution in [0.5, 0.6) is 0 Å². The molecule has 2 aliphatic carbocycles. The Morgan fingerprint density at radius 2 is 1.26 bits per heavy atom. The van der Waals surface area contributed by atoms with Crippen LogP contribution in [0.25, 0.3) is 0 Å². The molecule has 6 heterocycles. The first-order valence-electron chi connectivity index (χ1n) is 11.9. The third-order valence-electron chi connectivity index (χ3n) is 7.89. The van der Waals surface area contributed by atoms with Crippen molar-refractivity contribution in [2.75, 3.05) is 52.6 Å². The van der Waals surface area contributed by atoms with Gasteiger partial charge in [0.1, 0.15) is 0 Å². The summed E-state index contributed by atoms with van der Waals surface area (Å²) >= 11 is 0. The summed E-state index contributed by atoms with van der Waals surface area (Å²) in [6, 6.07) is 0. The van der Waals surface area contributed by atoms with Crippen LogP contribution in [-0.2, 0) is 9.47 Å². The molecule has 4 nitrogen and oxygen atoms in total. The average Bonchev–Trinajstić information content (AvgIpc) is 3.34. The van der Waals surface area contributed by atoms with E-state index in [4.69, 9.17) is 9.47 Å². The van der Waals surface area contributed by atoms with Crippen LogP contribution in [0.4, 0.5) is 0 Å². The van der Waals surface area contributed by atoms with Gasteiger partial charge in [0.2, 0.25) is 0 Å². The van der Waals surface area contributed by atoms with Crippen LogP contribution in [0, 0.1) is 11.8 Å². The Labute approximate surface area is 166 Å². The lowest BCUT2D eigenvalue weighted by Crippen LogP contribution is -2.54. The van der Waals surface area contributed by atoms with Crippen molar-refractivity contribution in [3.8, 4) is 0 Å². The number of unbranched alkanes of at least 4 members (excludes halogenated alkanes) is 3. The van der Waals surface area contributed by atoms with E-state index in [1.807, 2.05) is 0 Å². The summed E-state index contributed by atoms with van der Waals surface area (Å²) in [5, 5.41) is 0. The maximum absolute atomic E-state index is 5.61. The minimum Gasteiger partial charge on any atom is -0.379 e. The molecule has 8 aliphatic rings. The van der Waals surface area contributed by atoms with Gasteiger partial charge in [-0.1, -0.05) is 39.5 Å². The van der Waals surface area contributed by atoms with Crippen LogP contribution >= 0.6 is 0 Å². The molecule has 0 unspecified atom stereocenters. The Morgan fingerprint density at radius 3 is 1.81 bits per heavy atom. The first-order valence-corrected chi connectivity index (χ1v) is 11.9. The second-order valence-electron chi connectivity index (χ2n) is 10.1. The van der Waals surface area contributed by atoms with Gasteiger partial charge >= 0.3 is 0 Å². The summed E-state index contributed by atoms with van der Waals surface area (Å²) in [7, 11) is 0. The van der Waals surface area contributed by atoms with E-state index in [1.54, 1.807) is 0 Å². The van der Waals surface area contributed by atoms with Crippen LogP contribution in [0.15, 0.2) is 0 Å². The first kappa shape index (κ1) is 20.1. The van der Waals surface area contributed by atoms with Gasteiger partial charge in [0.25, 0.3) is 0 Å². The van der Waals surface area contributed by atoms with Gasteiger partial charge in [-0.05, 0) is 43.9 Å². The smallest absolute Gasteiger partial charge is 0.0651 e. The molecule has 0 aromatic rings. The van der Waals surface area contributed by atoms with E-state index in [-0.39, 0.29) is 0 Å². The lowest BCUT2D eigenvalue weighted by molar-refractivity contribution is -0.0586. The van der Waals surface area contributed by atoms with Crippen molar-refractivity contribution < 1.29 is 9.47 Å². The molecule has 0 atom stereocenters. The number of hydrogen-bond acceptors (Lipinski definition) is 4. The summed E-state index contributed by atoms with van der Waals surface area (Å²) in [5.74, 6) is 2.05. The highest BCUT2D eigenvalue weighted by molar-refractivity contribution is 5.11. The van der Waals surface area contributed by atoms with Crippen LogP contribution in [-0.4, -0.2) is 73.5 Å². The van der Waals surface area contributed by atoms with Gasteiger partial charge in [-0.15, -0.1) is 0 Å². The number of hydrogen-bond donors (Lipinski definition) is 0. The van der Waals surface area contributed by atoms with Gasteiger partial charge in [0, 0.05) is 43.9 Å². The third-order valence-corrected chi connectivity index (χ3v) is 7.89. The zero-order valence-electron chi connectivity index (χ0n) is 17.9. The van der Waals surface area contributed by atoms with Gasteiger partial charge < -0.3 is 9.47 Å². The van der Waals surface area contributed by atoms with Crippen LogP contribution in [0.2, 0.25) is 0 Å². The van der Waals surface area contributed by atoms with Gasteiger partial charge in [-0.3, -0.25) is 9.80 Å². The van der Waals surface area contributed by atoms with Crippen molar-refractivity contribution in [2.24, 2.45) is 11.8 Å². The predicted molar refractivity (Wildman–Crippen MR) is 110 cm³/mol. The zero-order chi connectivity index (χ0) is 18.7. The molecule has 8 fully saturated rings. The van der Waals surface area contributed by atoms with E-state index in [9.17, 15) is 0 Å². The van der Waals surface area contributed by atoms with Gasteiger partial charge in [-0.25, -0.2) is 0 Å². The van der Waals surface area contributed by atoms with E-state index in [0.29, 0.717) is 11.1 Å². The molecule has 0 N–H and O–H groups in total. The fraction of sp³-hybridized carbons (Fsp3) is 1.00. The van der Waals surface area contributed by atoms with Crippen molar-refractivity contribution in [1.29, 1.82) is 0 Å². The normalized spacial score (nSPS) is 41.6. The molecule has 6 saturated heterocycles. The van der Waals surface area contributed by atoms with Crippen molar-refractivity contribution in [1.82, 2.24) is 9.80 Å². The largest absolute Gasteiger partial charge is 0.379 e. The summed E-state index contributed by atoms with van der Waals surface area (Å²) < 4.78 is 11.1. The summed E-state index contributed by atoms with van der Waals surface area (Å²) in [6.45, 7) is 13.7. The molecule has 156 valence electrons. The Balaban J connectivity index is 0.000000105. The monoisotopic (exact) mass is 378 g/mol. The number of ether oxygens (including phenoxy) is 2. The Bertz CT molecular complexity index is 461. The first-order chi connectivity index (χ1) is 13.2. The molecular formula is C23H42N2O2. The standard InChI is InChI=1S/C9H15NO.C8H13NO.C6H14/c1-2-10-6-8-4-9(10,5-8)7-11-3-1;1-2-10-6-8-3-7(4-8)5-9(1)8;1-3-5-6-4-2/h8H,1-7H2;7H,1-6H2;3-6H2,1-2H3. The van der Waals surface area contributed by atoms with Crippen LogP contribution < -0.4 is 0 Å². The summed E-state index contributed by atoms with van der Waals surface area (Å²) in [6.07, 6.45) is 12.5. The fourth-order valence-corrected chi connectivity index (χ4v) is 6.45. The SMILES string of the molecule is C1CN2CC3CC2(CO1)C3.C1COCC23CC(CN2C1)C3.CCCCCC. The molecule has 6 aliphatic heterocycles. The quantitative estimate of drug-likeness (QED) is 0.695. The van der Waals surface area contributed by atoms with Crippen LogP contribution in [0.3, 0.4) is 0 Å². The fourth-order valence-electron chi connectivity index (χ4n) is 6.45. The summed E-state index contributed by atoms with van der Waals surface area (Å²) in [4.78, 5) is 5.31. The van der Waals surface area contributed by atoms with Crippen molar-refractivity contribution in [3.63, 3.8) is 0 Å². The number of morpholine rings is 1. The molecule has 4 heteroatoms. The molecule has 0 aromatic heterocycles. The van der Waals surface area contributed by atoms with E-state index in [1.165, 1.54) is 84.0 Å². The van der Waals surface area contributed by atoms with Crippen LogP contribution in [0.1, 0.15) is 71.6 Å². The second-order valence-corrected chi connectivity index (χ2v) is 10.1. The lowest BCUT2D eigenvalue weighted by atomic mass is 9.73. The average molecular weight is 379 g/mol. The minimum absolute atomic E-state index is 0.529.